The molecule has 1 aromatic rings. The fourth-order valence-corrected chi connectivity index (χ4v) is 2.20. The lowest BCUT2D eigenvalue weighted by molar-refractivity contribution is 0.0576. The Bertz CT molecular complexity index is 423. The van der Waals surface area contributed by atoms with Gasteiger partial charge in [0.05, 0.1) is 11.8 Å². The van der Waals surface area contributed by atoms with Gasteiger partial charge in [-0.15, -0.1) is 11.6 Å². The number of amides is 1. The first-order chi connectivity index (χ1) is 8.74. The van der Waals surface area contributed by atoms with Crippen molar-refractivity contribution in [1.82, 2.24) is 9.88 Å². The van der Waals surface area contributed by atoms with Gasteiger partial charge in [0.25, 0.3) is 5.91 Å². The van der Waals surface area contributed by atoms with Gasteiger partial charge in [-0.3, -0.25) is 9.78 Å². The van der Waals surface area contributed by atoms with E-state index in [2.05, 4.69) is 4.98 Å². The summed E-state index contributed by atoms with van der Waals surface area (Å²) in [4.78, 5) is 17.7. The standard InChI is InChI=1S/C13H16ClFN2O/c14-6-2-8-17(10-3-1-4-10)13(18)11-5-7-16-9-12(11)15/h5,7,9-10H,1-4,6,8H2. The van der Waals surface area contributed by atoms with Gasteiger partial charge in [0.2, 0.25) is 0 Å². The van der Waals surface area contributed by atoms with Crippen LogP contribution in [0, 0.1) is 5.82 Å². The summed E-state index contributed by atoms with van der Waals surface area (Å²) < 4.78 is 13.6. The Morgan fingerprint density at radius 1 is 1.56 bits per heavy atom. The van der Waals surface area contributed by atoms with Crippen LogP contribution in [0.25, 0.3) is 0 Å². The lowest BCUT2D eigenvalue weighted by Crippen LogP contribution is -2.45. The van der Waals surface area contributed by atoms with Gasteiger partial charge in [-0.2, -0.15) is 0 Å². The van der Waals surface area contributed by atoms with Gasteiger partial charge in [0.15, 0.2) is 5.82 Å². The summed E-state index contributed by atoms with van der Waals surface area (Å²) >= 11 is 5.67. The van der Waals surface area contributed by atoms with E-state index in [0.717, 1.165) is 31.9 Å². The van der Waals surface area contributed by atoms with E-state index in [1.54, 1.807) is 4.90 Å². The lowest BCUT2D eigenvalue weighted by atomic mass is 9.91. The van der Waals surface area contributed by atoms with E-state index in [9.17, 15) is 9.18 Å². The minimum atomic E-state index is -0.558. The predicted octanol–water partition coefficient (Wildman–Crippen LogP) is 2.84. The molecule has 0 saturated heterocycles. The Kier molecular flexibility index (Phi) is 4.53. The lowest BCUT2D eigenvalue weighted by Gasteiger charge is -2.37. The Morgan fingerprint density at radius 2 is 2.33 bits per heavy atom. The first-order valence-electron chi connectivity index (χ1n) is 6.20. The number of hydrogen-bond acceptors (Lipinski definition) is 2. The molecule has 0 N–H and O–H groups in total. The van der Waals surface area contributed by atoms with Gasteiger partial charge < -0.3 is 4.90 Å². The summed E-state index contributed by atoms with van der Waals surface area (Å²) in [6.45, 7) is 0.592. The molecular weight excluding hydrogens is 255 g/mol. The van der Waals surface area contributed by atoms with E-state index in [0.29, 0.717) is 12.4 Å². The Labute approximate surface area is 111 Å². The smallest absolute Gasteiger partial charge is 0.257 e. The molecule has 1 saturated carbocycles. The number of hydrogen-bond donors (Lipinski definition) is 0. The van der Waals surface area contributed by atoms with Crippen molar-refractivity contribution < 1.29 is 9.18 Å². The van der Waals surface area contributed by atoms with Gasteiger partial charge in [-0.05, 0) is 31.7 Å². The molecule has 1 heterocycles. The normalized spacial score (nSPS) is 15.2. The Morgan fingerprint density at radius 3 is 2.89 bits per heavy atom. The summed E-state index contributed by atoms with van der Waals surface area (Å²) in [6, 6.07) is 1.68. The highest BCUT2D eigenvalue weighted by atomic mass is 35.5. The van der Waals surface area contributed by atoms with Crippen molar-refractivity contribution in [1.29, 1.82) is 0 Å². The second-order valence-electron chi connectivity index (χ2n) is 4.48. The second-order valence-corrected chi connectivity index (χ2v) is 4.86. The van der Waals surface area contributed by atoms with Crippen LogP contribution in [0.1, 0.15) is 36.0 Å². The summed E-state index contributed by atoms with van der Waals surface area (Å²) in [5.41, 5.74) is 0.103. The predicted molar refractivity (Wildman–Crippen MR) is 68.2 cm³/mol. The van der Waals surface area contributed by atoms with Crippen molar-refractivity contribution in [2.45, 2.75) is 31.7 Å². The van der Waals surface area contributed by atoms with Crippen LogP contribution in [-0.4, -0.2) is 34.3 Å². The number of carbonyl (C=O) groups is 1. The molecule has 1 aliphatic carbocycles. The monoisotopic (exact) mass is 270 g/mol. The third-order valence-electron chi connectivity index (χ3n) is 3.31. The van der Waals surface area contributed by atoms with Crippen LogP contribution < -0.4 is 0 Å². The van der Waals surface area contributed by atoms with Crippen LogP contribution >= 0.6 is 11.6 Å². The maximum Gasteiger partial charge on any atom is 0.257 e. The molecule has 2 rings (SSSR count). The van der Waals surface area contributed by atoms with Crippen molar-refractivity contribution in [2.24, 2.45) is 0 Å². The molecule has 1 amide bonds. The van der Waals surface area contributed by atoms with Crippen molar-refractivity contribution in [3.8, 4) is 0 Å². The first kappa shape index (κ1) is 13.3. The Hall–Kier alpha value is -1.16. The Balaban J connectivity index is 2.14. The highest BCUT2D eigenvalue weighted by Crippen LogP contribution is 2.26. The molecule has 0 atom stereocenters. The first-order valence-corrected chi connectivity index (χ1v) is 6.74. The molecule has 0 radical (unpaired) electrons. The number of halogens is 2. The average Bonchev–Trinajstić information content (AvgIpc) is 2.32. The van der Waals surface area contributed by atoms with Crippen LogP contribution in [0.3, 0.4) is 0 Å². The molecule has 1 fully saturated rings. The number of aromatic nitrogens is 1. The number of carbonyl (C=O) groups excluding carboxylic acids is 1. The van der Waals surface area contributed by atoms with E-state index in [4.69, 9.17) is 11.6 Å². The molecule has 5 heteroatoms. The zero-order valence-electron chi connectivity index (χ0n) is 10.1. The quantitative estimate of drug-likeness (QED) is 0.771. The van der Waals surface area contributed by atoms with Crippen LogP contribution in [0.15, 0.2) is 18.5 Å². The van der Waals surface area contributed by atoms with E-state index in [-0.39, 0.29) is 17.5 Å². The van der Waals surface area contributed by atoms with Crippen molar-refractivity contribution in [3.63, 3.8) is 0 Å². The zero-order valence-corrected chi connectivity index (χ0v) is 10.9. The fourth-order valence-electron chi connectivity index (χ4n) is 2.08. The van der Waals surface area contributed by atoms with Gasteiger partial charge in [0.1, 0.15) is 0 Å². The molecule has 98 valence electrons. The van der Waals surface area contributed by atoms with Gasteiger partial charge in [0, 0.05) is 24.7 Å². The molecule has 1 aromatic heterocycles. The van der Waals surface area contributed by atoms with Crippen molar-refractivity contribution in [3.05, 3.63) is 29.8 Å². The molecule has 0 unspecified atom stereocenters. The third-order valence-corrected chi connectivity index (χ3v) is 3.58. The van der Waals surface area contributed by atoms with E-state index < -0.39 is 5.82 Å². The number of nitrogens with zero attached hydrogens (tertiary/aromatic N) is 2. The highest BCUT2D eigenvalue weighted by molar-refractivity contribution is 6.17. The number of rotatable bonds is 5. The topological polar surface area (TPSA) is 33.2 Å². The van der Waals surface area contributed by atoms with Gasteiger partial charge >= 0.3 is 0 Å². The summed E-state index contributed by atoms with van der Waals surface area (Å²) in [7, 11) is 0. The van der Waals surface area contributed by atoms with Crippen LogP contribution in [-0.2, 0) is 0 Å². The van der Waals surface area contributed by atoms with Crippen molar-refractivity contribution >= 4 is 17.5 Å². The van der Waals surface area contributed by atoms with Crippen molar-refractivity contribution in [2.75, 3.05) is 12.4 Å². The maximum atomic E-state index is 13.6. The zero-order chi connectivity index (χ0) is 13.0. The van der Waals surface area contributed by atoms with E-state index in [1.165, 1.54) is 12.3 Å². The molecule has 1 aliphatic rings. The maximum absolute atomic E-state index is 13.6. The van der Waals surface area contributed by atoms with Crippen LogP contribution in [0.5, 0.6) is 0 Å². The van der Waals surface area contributed by atoms with Crippen LogP contribution in [0.2, 0.25) is 0 Å². The second kappa shape index (κ2) is 6.14. The summed E-state index contributed by atoms with van der Waals surface area (Å²) in [6.07, 6.45) is 6.39. The largest absolute Gasteiger partial charge is 0.336 e. The van der Waals surface area contributed by atoms with E-state index in [1.807, 2.05) is 0 Å². The molecule has 0 spiro atoms. The minimum absolute atomic E-state index is 0.103. The van der Waals surface area contributed by atoms with E-state index >= 15 is 0 Å². The average molecular weight is 271 g/mol. The molecule has 0 aliphatic heterocycles. The van der Waals surface area contributed by atoms with Crippen LogP contribution in [0.4, 0.5) is 4.39 Å². The summed E-state index contributed by atoms with van der Waals surface area (Å²) in [5.74, 6) is -0.294. The summed E-state index contributed by atoms with van der Waals surface area (Å²) in [5, 5.41) is 0. The SMILES string of the molecule is O=C(c1ccncc1F)N(CCCCl)C1CCC1. The number of alkyl halides is 1. The highest BCUT2D eigenvalue weighted by Gasteiger charge is 2.30. The molecule has 3 nitrogen and oxygen atoms in total. The minimum Gasteiger partial charge on any atom is -0.336 e. The van der Waals surface area contributed by atoms with Gasteiger partial charge in [-0.1, -0.05) is 0 Å². The molecular formula is C13H16ClFN2O. The third kappa shape index (κ3) is 2.80. The molecule has 0 bridgehead atoms. The number of pyridine rings is 1. The molecule has 18 heavy (non-hydrogen) atoms. The molecule has 0 aromatic carbocycles. The van der Waals surface area contributed by atoms with Gasteiger partial charge in [-0.25, -0.2) is 4.39 Å². The fraction of sp³-hybridized carbons (Fsp3) is 0.538.